The molecule has 1 aliphatic heterocycles. The third-order valence-corrected chi connectivity index (χ3v) is 2.80. The molecule has 0 aliphatic carbocycles. The van der Waals surface area contributed by atoms with E-state index in [-0.39, 0.29) is 10.0 Å². The number of aliphatic hydroxyl groups excluding tert-OH is 1. The van der Waals surface area contributed by atoms with Gasteiger partial charge < -0.3 is 10.4 Å². The van der Waals surface area contributed by atoms with E-state index in [2.05, 4.69) is 21.2 Å². The number of carbonyl (C=O) groups is 1. The van der Waals surface area contributed by atoms with E-state index in [1.54, 1.807) is 13.0 Å². The molecule has 74 valence electrons. The molecule has 1 aliphatic rings. The van der Waals surface area contributed by atoms with Crippen molar-refractivity contribution in [2.45, 2.75) is 13.0 Å². The van der Waals surface area contributed by atoms with Crippen LogP contribution in [0.2, 0.25) is 0 Å². The van der Waals surface area contributed by atoms with E-state index in [4.69, 9.17) is 0 Å². The van der Waals surface area contributed by atoms with E-state index in [9.17, 15) is 14.3 Å². The zero-order valence-corrected chi connectivity index (χ0v) is 8.85. The van der Waals surface area contributed by atoms with E-state index in [0.717, 1.165) is 5.56 Å². The van der Waals surface area contributed by atoms with Gasteiger partial charge in [0.15, 0.2) is 6.10 Å². The van der Waals surface area contributed by atoms with E-state index in [0.29, 0.717) is 5.69 Å². The smallest absolute Gasteiger partial charge is 0.258 e. The molecule has 0 fully saturated rings. The first kappa shape index (κ1) is 9.61. The molecule has 0 radical (unpaired) electrons. The van der Waals surface area contributed by atoms with Crippen molar-refractivity contribution < 1.29 is 14.3 Å². The number of rotatable bonds is 0. The van der Waals surface area contributed by atoms with Gasteiger partial charge in [0.2, 0.25) is 0 Å². The maximum atomic E-state index is 13.5. The molecule has 2 rings (SSSR count). The highest BCUT2D eigenvalue weighted by Gasteiger charge is 2.33. The third-order valence-electron chi connectivity index (χ3n) is 2.22. The summed E-state index contributed by atoms with van der Waals surface area (Å²) in [6.45, 7) is 1.74. The molecule has 0 saturated heterocycles. The summed E-state index contributed by atoms with van der Waals surface area (Å²) in [5.41, 5.74) is 1.13. The molecule has 1 unspecified atom stereocenters. The largest absolute Gasteiger partial charge is 0.378 e. The number of nitrogens with one attached hydrogen (secondary N) is 1. The first-order valence-corrected chi connectivity index (χ1v) is 4.79. The number of aliphatic hydroxyl groups is 1. The molecule has 1 atom stereocenters. The van der Waals surface area contributed by atoms with Gasteiger partial charge in [-0.15, -0.1) is 0 Å². The van der Waals surface area contributed by atoms with Crippen LogP contribution in [0.15, 0.2) is 10.5 Å². The van der Waals surface area contributed by atoms with Crippen LogP contribution < -0.4 is 5.32 Å². The standard InChI is InChI=1S/C9H7BrFNO2/c1-3-2-4(10)6(11)5-7(3)12-9(14)8(5)13/h2,8,13H,1H3,(H,12,14). The van der Waals surface area contributed by atoms with Gasteiger partial charge in [0.05, 0.1) is 15.7 Å². The van der Waals surface area contributed by atoms with Crippen LogP contribution >= 0.6 is 15.9 Å². The molecular weight excluding hydrogens is 253 g/mol. The Morgan fingerprint density at radius 2 is 2.29 bits per heavy atom. The summed E-state index contributed by atoms with van der Waals surface area (Å²) in [4.78, 5) is 11.1. The average molecular weight is 260 g/mol. The molecule has 0 bridgehead atoms. The van der Waals surface area contributed by atoms with Gasteiger partial charge in [0.25, 0.3) is 5.91 Å². The summed E-state index contributed by atoms with van der Waals surface area (Å²) in [5.74, 6) is -1.17. The number of benzene rings is 1. The number of fused-ring (bicyclic) bond motifs is 1. The van der Waals surface area contributed by atoms with Crippen LogP contribution in [0, 0.1) is 12.7 Å². The summed E-state index contributed by atoms with van der Waals surface area (Å²) in [5, 5.41) is 11.8. The highest BCUT2D eigenvalue weighted by atomic mass is 79.9. The lowest BCUT2D eigenvalue weighted by molar-refractivity contribution is -0.123. The van der Waals surface area contributed by atoms with Crippen molar-refractivity contribution in [2.24, 2.45) is 0 Å². The summed E-state index contributed by atoms with van der Waals surface area (Å²) in [6.07, 6.45) is -1.40. The van der Waals surface area contributed by atoms with E-state index >= 15 is 0 Å². The second-order valence-electron chi connectivity index (χ2n) is 3.17. The fourth-order valence-corrected chi connectivity index (χ4v) is 2.08. The summed E-state index contributed by atoms with van der Waals surface area (Å²) in [6, 6.07) is 1.56. The zero-order valence-electron chi connectivity index (χ0n) is 7.27. The van der Waals surface area contributed by atoms with Crippen molar-refractivity contribution in [3.05, 3.63) is 27.5 Å². The minimum absolute atomic E-state index is 0.0295. The van der Waals surface area contributed by atoms with Crippen LogP contribution in [-0.2, 0) is 4.79 Å². The molecular formula is C9H7BrFNO2. The maximum Gasteiger partial charge on any atom is 0.258 e. The van der Waals surface area contributed by atoms with Gasteiger partial charge in [0.1, 0.15) is 5.82 Å². The quantitative estimate of drug-likeness (QED) is 0.748. The van der Waals surface area contributed by atoms with Crippen molar-refractivity contribution in [3.63, 3.8) is 0 Å². The van der Waals surface area contributed by atoms with Crippen LogP contribution in [0.25, 0.3) is 0 Å². The van der Waals surface area contributed by atoms with Crippen molar-refractivity contribution in [2.75, 3.05) is 5.32 Å². The van der Waals surface area contributed by atoms with Gasteiger partial charge >= 0.3 is 0 Å². The Kier molecular flexibility index (Phi) is 2.08. The van der Waals surface area contributed by atoms with Gasteiger partial charge in [-0.3, -0.25) is 4.79 Å². The number of hydrogen-bond acceptors (Lipinski definition) is 2. The number of aryl methyl sites for hydroxylation is 1. The zero-order chi connectivity index (χ0) is 10.5. The second-order valence-corrected chi connectivity index (χ2v) is 4.02. The summed E-state index contributed by atoms with van der Waals surface area (Å²) >= 11 is 3.02. The van der Waals surface area contributed by atoms with Crippen LogP contribution in [0.4, 0.5) is 10.1 Å². The Bertz CT molecular complexity index is 433. The highest BCUT2D eigenvalue weighted by Crippen LogP contribution is 2.38. The highest BCUT2D eigenvalue weighted by molar-refractivity contribution is 9.10. The molecule has 2 N–H and O–H groups in total. The van der Waals surface area contributed by atoms with Gasteiger partial charge in [0, 0.05) is 0 Å². The number of amides is 1. The van der Waals surface area contributed by atoms with Crippen LogP contribution in [0.1, 0.15) is 17.2 Å². The molecule has 1 heterocycles. The van der Waals surface area contributed by atoms with Crippen LogP contribution in [0.5, 0.6) is 0 Å². The summed E-state index contributed by atoms with van der Waals surface area (Å²) in [7, 11) is 0. The van der Waals surface area contributed by atoms with Crippen molar-refractivity contribution in [1.29, 1.82) is 0 Å². The topological polar surface area (TPSA) is 49.3 Å². The fraction of sp³-hybridized carbons (Fsp3) is 0.222. The Hall–Kier alpha value is -0.940. The Labute approximate surface area is 88.1 Å². The predicted octanol–water partition coefficient (Wildman–Crippen LogP) is 1.88. The number of halogens is 2. The normalized spacial score (nSPS) is 19.4. The number of carbonyl (C=O) groups excluding carboxylic acids is 1. The lowest BCUT2D eigenvalue weighted by Gasteiger charge is -2.07. The first-order valence-electron chi connectivity index (χ1n) is 3.99. The Balaban J connectivity index is 2.73. The molecule has 1 aromatic rings. The molecule has 14 heavy (non-hydrogen) atoms. The van der Waals surface area contributed by atoms with Gasteiger partial charge in [-0.05, 0) is 34.5 Å². The fourth-order valence-electron chi connectivity index (χ4n) is 1.52. The minimum atomic E-state index is -1.40. The molecule has 3 nitrogen and oxygen atoms in total. The molecule has 1 amide bonds. The second kappa shape index (κ2) is 3.03. The van der Waals surface area contributed by atoms with Crippen molar-refractivity contribution in [1.82, 2.24) is 0 Å². The Morgan fingerprint density at radius 1 is 1.64 bits per heavy atom. The van der Waals surface area contributed by atoms with E-state index in [1.165, 1.54) is 0 Å². The van der Waals surface area contributed by atoms with Crippen LogP contribution in [0.3, 0.4) is 0 Å². The molecule has 5 heteroatoms. The monoisotopic (exact) mass is 259 g/mol. The van der Waals surface area contributed by atoms with Gasteiger partial charge in [-0.25, -0.2) is 4.39 Å². The maximum absolute atomic E-state index is 13.5. The van der Waals surface area contributed by atoms with Gasteiger partial charge in [-0.1, -0.05) is 0 Å². The van der Waals surface area contributed by atoms with Gasteiger partial charge in [-0.2, -0.15) is 0 Å². The van der Waals surface area contributed by atoms with Crippen molar-refractivity contribution >= 4 is 27.5 Å². The summed E-state index contributed by atoms with van der Waals surface area (Å²) < 4.78 is 13.8. The SMILES string of the molecule is Cc1cc(Br)c(F)c2c1NC(=O)C2O. The molecule has 0 saturated carbocycles. The molecule has 1 aromatic carbocycles. The minimum Gasteiger partial charge on any atom is -0.378 e. The third kappa shape index (κ3) is 1.16. The average Bonchev–Trinajstić information content (AvgIpc) is 2.41. The number of hydrogen-bond donors (Lipinski definition) is 2. The van der Waals surface area contributed by atoms with E-state index in [1.807, 2.05) is 0 Å². The lowest BCUT2D eigenvalue weighted by Crippen LogP contribution is -2.11. The molecule has 0 spiro atoms. The predicted molar refractivity (Wildman–Crippen MR) is 52.4 cm³/mol. The van der Waals surface area contributed by atoms with Crippen molar-refractivity contribution in [3.8, 4) is 0 Å². The number of anilines is 1. The van der Waals surface area contributed by atoms with E-state index < -0.39 is 17.8 Å². The Morgan fingerprint density at radius 3 is 2.93 bits per heavy atom. The van der Waals surface area contributed by atoms with Crippen LogP contribution in [-0.4, -0.2) is 11.0 Å². The lowest BCUT2D eigenvalue weighted by atomic mass is 10.1. The first-order chi connectivity index (χ1) is 6.52. The molecule has 0 aromatic heterocycles.